The number of hydrogen-bond acceptors (Lipinski definition) is 6. The highest BCUT2D eigenvalue weighted by Gasteiger charge is 2.35. The van der Waals surface area contributed by atoms with Crippen molar-refractivity contribution in [1.29, 1.82) is 0 Å². The maximum atomic E-state index is 13.1. The van der Waals surface area contributed by atoms with Crippen molar-refractivity contribution in [2.75, 3.05) is 18.0 Å². The summed E-state index contributed by atoms with van der Waals surface area (Å²) in [6.45, 7) is 2.57. The van der Waals surface area contributed by atoms with Crippen LogP contribution in [0.15, 0.2) is 47.8 Å². The van der Waals surface area contributed by atoms with Gasteiger partial charge in [-0.25, -0.2) is 4.98 Å². The molecule has 1 amide bonds. The molecule has 2 aliphatic heterocycles. The largest absolute Gasteiger partial charge is 0.354 e. The van der Waals surface area contributed by atoms with Gasteiger partial charge in [0.1, 0.15) is 11.4 Å². The van der Waals surface area contributed by atoms with Crippen LogP contribution in [0.25, 0.3) is 0 Å². The second-order valence-electron chi connectivity index (χ2n) is 7.98. The minimum atomic E-state index is -0.353. The van der Waals surface area contributed by atoms with Crippen molar-refractivity contribution in [3.8, 4) is 0 Å². The van der Waals surface area contributed by atoms with Gasteiger partial charge in [0.15, 0.2) is 0 Å². The Bertz CT molecular complexity index is 1140. The molecule has 5 heterocycles. The van der Waals surface area contributed by atoms with Crippen LogP contribution in [0, 0.1) is 5.92 Å². The summed E-state index contributed by atoms with van der Waals surface area (Å²) in [7, 11) is 1.82. The maximum Gasteiger partial charge on any atom is 0.263 e. The summed E-state index contributed by atoms with van der Waals surface area (Å²) < 4.78 is 3.50. The molecule has 2 atom stereocenters. The van der Waals surface area contributed by atoms with Crippen molar-refractivity contribution in [1.82, 2.24) is 29.6 Å². The number of aromatic nitrogens is 5. The van der Waals surface area contributed by atoms with Gasteiger partial charge in [-0.1, -0.05) is 0 Å². The third kappa shape index (κ3) is 3.26. The molecule has 3 aromatic rings. The van der Waals surface area contributed by atoms with E-state index >= 15 is 0 Å². The Kier molecular flexibility index (Phi) is 4.57. The minimum absolute atomic E-state index is 0.187. The molecule has 0 saturated carbocycles. The highest BCUT2D eigenvalue weighted by Crippen LogP contribution is 2.36. The molecule has 0 aromatic carbocycles. The first-order chi connectivity index (χ1) is 14.6. The first-order valence-electron chi connectivity index (χ1n) is 10.1. The van der Waals surface area contributed by atoms with E-state index in [1.807, 2.05) is 19.2 Å². The SMILES string of the molecule is Cn1nccc1CNC(=O)c1ccc2n(c1=O)C[C@H]1C[C@@H]2CN(c2cnccn2)C1. The first-order valence-corrected chi connectivity index (χ1v) is 10.1. The topological polar surface area (TPSA) is 97.9 Å². The van der Waals surface area contributed by atoms with E-state index in [9.17, 15) is 9.59 Å². The van der Waals surface area contributed by atoms with Gasteiger partial charge >= 0.3 is 0 Å². The lowest BCUT2D eigenvalue weighted by Gasteiger charge is -2.43. The molecule has 1 saturated heterocycles. The summed E-state index contributed by atoms with van der Waals surface area (Å²) in [5, 5.41) is 6.92. The lowest BCUT2D eigenvalue weighted by molar-refractivity contribution is 0.0947. The summed E-state index contributed by atoms with van der Waals surface area (Å²) in [6.07, 6.45) is 7.88. The molecule has 154 valence electrons. The number of anilines is 1. The molecule has 2 aliphatic rings. The second kappa shape index (κ2) is 7.40. The van der Waals surface area contributed by atoms with Crippen LogP contribution in [0.1, 0.15) is 34.1 Å². The standard InChI is InChI=1S/C21H23N7O2/c1-26-16(4-5-25-26)9-24-20(29)17-2-3-18-15-8-14(12-28(18)21(17)30)11-27(13-15)19-10-22-6-7-23-19/h2-7,10,14-15H,8-9,11-13H2,1H3,(H,24,29)/t14-,15+/m0/s1. The number of rotatable bonds is 4. The Labute approximate surface area is 173 Å². The van der Waals surface area contributed by atoms with E-state index in [4.69, 9.17) is 0 Å². The van der Waals surface area contributed by atoms with Gasteiger partial charge in [-0.15, -0.1) is 0 Å². The van der Waals surface area contributed by atoms with Crippen molar-refractivity contribution in [2.24, 2.45) is 13.0 Å². The molecule has 0 spiro atoms. The lowest BCUT2D eigenvalue weighted by Crippen LogP contribution is -2.48. The smallest absolute Gasteiger partial charge is 0.263 e. The zero-order valence-corrected chi connectivity index (χ0v) is 16.7. The monoisotopic (exact) mass is 405 g/mol. The third-order valence-corrected chi connectivity index (χ3v) is 6.07. The van der Waals surface area contributed by atoms with Gasteiger partial charge in [-0.3, -0.25) is 19.3 Å². The average Bonchev–Trinajstić information content (AvgIpc) is 3.18. The number of carbonyl (C=O) groups excluding carboxylic acids is 1. The van der Waals surface area contributed by atoms with Crippen LogP contribution in [-0.4, -0.2) is 43.3 Å². The van der Waals surface area contributed by atoms with Crippen LogP contribution in [-0.2, 0) is 20.1 Å². The molecule has 9 heteroatoms. The maximum absolute atomic E-state index is 13.1. The number of carbonyl (C=O) groups is 1. The quantitative estimate of drug-likeness (QED) is 0.693. The average molecular weight is 405 g/mol. The summed E-state index contributed by atoms with van der Waals surface area (Å²) in [5.41, 5.74) is 1.84. The van der Waals surface area contributed by atoms with Crippen molar-refractivity contribution >= 4 is 11.7 Å². The molecule has 30 heavy (non-hydrogen) atoms. The fourth-order valence-corrected chi connectivity index (χ4v) is 4.60. The fourth-order valence-electron chi connectivity index (χ4n) is 4.60. The molecule has 2 bridgehead atoms. The Balaban J connectivity index is 1.37. The van der Waals surface area contributed by atoms with E-state index in [0.717, 1.165) is 36.7 Å². The van der Waals surface area contributed by atoms with E-state index in [1.54, 1.807) is 40.1 Å². The number of amides is 1. The number of fused-ring (bicyclic) bond motifs is 4. The normalized spacial score (nSPS) is 20.0. The summed E-state index contributed by atoms with van der Waals surface area (Å²) in [5.74, 6) is 1.09. The summed E-state index contributed by atoms with van der Waals surface area (Å²) >= 11 is 0. The lowest BCUT2D eigenvalue weighted by atomic mass is 9.83. The Morgan fingerprint density at radius 2 is 2.07 bits per heavy atom. The van der Waals surface area contributed by atoms with Gasteiger partial charge in [0.05, 0.1) is 18.4 Å². The number of hydrogen-bond donors (Lipinski definition) is 1. The van der Waals surface area contributed by atoms with Crippen molar-refractivity contribution in [2.45, 2.75) is 25.4 Å². The van der Waals surface area contributed by atoms with Gasteiger partial charge in [0, 0.05) is 56.9 Å². The minimum Gasteiger partial charge on any atom is -0.354 e. The van der Waals surface area contributed by atoms with Crippen molar-refractivity contribution in [3.05, 3.63) is 70.3 Å². The second-order valence-corrected chi connectivity index (χ2v) is 7.98. The van der Waals surface area contributed by atoms with Crippen LogP contribution < -0.4 is 15.8 Å². The highest BCUT2D eigenvalue weighted by atomic mass is 16.2. The molecule has 5 rings (SSSR count). The molecular formula is C21H23N7O2. The third-order valence-electron chi connectivity index (χ3n) is 6.07. The number of pyridine rings is 1. The van der Waals surface area contributed by atoms with E-state index in [2.05, 4.69) is 25.3 Å². The molecule has 0 radical (unpaired) electrons. The fraction of sp³-hybridized carbons (Fsp3) is 0.381. The highest BCUT2D eigenvalue weighted by molar-refractivity contribution is 5.93. The molecular weight excluding hydrogens is 382 g/mol. The Morgan fingerprint density at radius 1 is 1.17 bits per heavy atom. The molecule has 0 aliphatic carbocycles. The predicted molar refractivity (Wildman–Crippen MR) is 110 cm³/mol. The number of nitrogens with zero attached hydrogens (tertiary/aromatic N) is 6. The molecule has 0 unspecified atom stereocenters. The van der Waals surface area contributed by atoms with Crippen molar-refractivity contribution < 1.29 is 4.79 Å². The zero-order chi connectivity index (χ0) is 20.7. The van der Waals surface area contributed by atoms with E-state index in [0.29, 0.717) is 19.0 Å². The van der Waals surface area contributed by atoms with E-state index in [1.165, 1.54) is 0 Å². The first kappa shape index (κ1) is 18.5. The molecule has 1 fully saturated rings. The van der Waals surface area contributed by atoms with Gasteiger partial charge in [0.25, 0.3) is 11.5 Å². The van der Waals surface area contributed by atoms with E-state index in [-0.39, 0.29) is 22.9 Å². The number of nitrogens with one attached hydrogen (secondary N) is 1. The predicted octanol–water partition coefficient (Wildman–Crippen LogP) is 0.925. The summed E-state index contributed by atoms with van der Waals surface area (Å²) in [6, 6.07) is 5.43. The molecule has 9 nitrogen and oxygen atoms in total. The number of aryl methyl sites for hydroxylation is 1. The van der Waals surface area contributed by atoms with Crippen LogP contribution in [0.2, 0.25) is 0 Å². The number of piperidine rings is 1. The van der Waals surface area contributed by atoms with Crippen molar-refractivity contribution in [3.63, 3.8) is 0 Å². The van der Waals surface area contributed by atoms with E-state index < -0.39 is 0 Å². The molecule has 1 N–H and O–H groups in total. The van der Waals surface area contributed by atoms with Crippen LogP contribution in [0.5, 0.6) is 0 Å². The van der Waals surface area contributed by atoms with Gasteiger partial charge in [-0.05, 0) is 30.5 Å². The zero-order valence-electron chi connectivity index (χ0n) is 16.7. The molecule has 3 aromatic heterocycles. The van der Waals surface area contributed by atoms with Crippen LogP contribution in [0.3, 0.4) is 0 Å². The van der Waals surface area contributed by atoms with Crippen LogP contribution in [0.4, 0.5) is 5.82 Å². The van der Waals surface area contributed by atoms with Gasteiger partial charge < -0.3 is 14.8 Å². The van der Waals surface area contributed by atoms with Gasteiger partial charge in [0.2, 0.25) is 0 Å². The Morgan fingerprint density at radius 3 is 2.83 bits per heavy atom. The van der Waals surface area contributed by atoms with Crippen LogP contribution >= 0.6 is 0 Å². The summed E-state index contributed by atoms with van der Waals surface area (Å²) in [4.78, 5) is 36.6. The Hall–Kier alpha value is -3.49. The van der Waals surface area contributed by atoms with Gasteiger partial charge in [-0.2, -0.15) is 5.10 Å².